The summed E-state index contributed by atoms with van der Waals surface area (Å²) >= 11 is 0. The van der Waals surface area contributed by atoms with Crippen LogP contribution < -0.4 is 14.4 Å². The third kappa shape index (κ3) is 9.65. The van der Waals surface area contributed by atoms with Gasteiger partial charge in [0.25, 0.3) is 10.0 Å². The molecule has 8 nitrogen and oxygen atoms in total. The molecule has 1 N–H and O–H groups in total. The number of carbonyl (C=O) groups excluding carboxylic acids is 2. The molecule has 0 aliphatic carbocycles. The minimum Gasteiger partial charge on any atom is -0.494 e. The first-order valence-electron chi connectivity index (χ1n) is 15.7. The Morgan fingerprint density at radius 3 is 2.15 bits per heavy atom. The number of benzene rings is 4. The van der Waals surface area contributed by atoms with Crippen LogP contribution in [0.1, 0.15) is 37.5 Å². The predicted molar refractivity (Wildman–Crippen MR) is 182 cm³/mol. The summed E-state index contributed by atoms with van der Waals surface area (Å²) in [6.45, 7) is 7.97. The van der Waals surface area contributed by atoms with Crippen molar-refractivity contribution >= 4 is 27.5 Å². The van der Waals surface area contributed by atoms with Crippen LogP contribution in [0.4, 0.5) is 10.1 Å². The zero-order chi connectivity index (χ0) is 34.0. The van der Waals surface area contributed by atoms with E-state index in [1.54, 1.807) is 12.1 Å². The fourth-order valence-electron chi connectivity index (χ4n) is 5.12. The standard InChI is InChI=1S/C37H42FN3O5S/c1-5-46-33-18-20-34(21-19-33)47(44,45)41(32-16-14-31(38)15-17-32)26-36(42)40(25-30-13-9-10-28(4)22-30)35(37(43)39-24-27(2)3)23-29-11-7-6-8-12-29/h6-22,27,35H,5,23-26H2,1-4H3,(H,39,43)/t35-/m0/s1. The van der Waals surface area contributed by atoms with Gasteiger partial charge in [0.05, 0.1) is 17.2 Å². The van der Waals surface area contributed by atoms with Crippen LogP contribution in [0, 0.1) is 18.7 Å². The zero-order valence-electron chi connectivity index (χ0n) is 27.2. The smallest absolute Gasteiger partial charge is 0.264 e. The molecule has 4 aromatic carbocycles. The predicted octanol–water partition coefficient (Wildman–Crippen LogP) is 6.14. The van der Waals surface area contributed by atoms with Crippen LogP contribution in [0.15, 0.2) is 108 Å². The van der Waals surface area contributed by atoms with Gasteiger partial charge in [0.2, 0.25) is 11.8 Å². The van der Waals surface area contributed by atoms with E-state index in [2.05, 4.69) is 5.32 Å². The number of hydrogen-bond donors (Lipinski definition) is 1. The highest BCUT2D eigenvalue weighted by Gasteiger charge is 2.34. The summed E-state index contributed by atoms with van der Waals surface area (Å²) in [5, 5.41) is 2.98. The number of hydrogen-bond acceptors (Lipinski definition) is 5. The van der Waals surface area contributed by atoms with Crippen molar-refractivity contribution in [2.45, 2.75) is 51.6 Å². The van der Waals surface area contributed by atoms with Crippen LogP contribution in [0.3, 0.4) is 0 Å². The lowest BCUT2D eigenvalue weighted by Gasteiger charge is -2.34. The summed E-state index contributed by atoms with van der Waals surface area (Å²) in [6.07, 6.45) is 0.213. The lowest BCUT2D eigenvalue weighted by Crippen LogP contribution is -2.53. The summed E-state index contributed by atoms with van der Waals surface area (Å²) in [6, 6.07) is 26.9. The Morgan fingerprint density at radius 1 is 0.872 bits per heavy atom. The average molecular weight is 660 g/mol. The molecule has 4 aromatic rings. The number of ether oxygens (including phenoxy) is 1. The van der Waals surface area contributed by atoms with Gasteiger partial charge in [-0.2, -0.15) is 0 Å². The monoisotopic (exact) mass is 659 g/mol. The summed E-state index contributed by atoms with van der Waals surface area (Å²) in [4.78, 5) is 29.8. The van der Waals surface area contributed by atoms with E-state index in [1.807, 2.05) is 82.3 Å². The van der Waals surface area contributed by atoms with Gasteiger partial charge in [-0.3, -0.25) is 13.9 Å². The number of sulfonamides is 1. The van der Waals surface area contributed by atoms with Crippen molar-refractivity contribution in [2.24, 2.45) is 5.92 Å². The molecule has 2 amide bonds. The van der Waals surface area contributed by atoms with Gasteiger partial charge < -0.3 is 15.0 Å². The minimum atomic E-state index is -4.33. The van der Waals surface area contributed by atoms with Crippen LogP contribution in [-0.4, -0.2) is 50.9 Å². The second kappa shape index (κ2) is 16.2. The Labute approximate surface area is 277 Å². The quantitative estimate of drug-likeness (QED) is 0.166. The van der Waals surface area contributed by atoms with Crippen LogP contribution in [0.5, 0.6) is 5.75 Å². The van der Waals surface area contributed by atoms with E-state index < -0.39 is 34.3 Å². The summed E-state index contributed by atoms with van der Waals surface area (Å²) in [5.74, 6) is -0.816. The molecular formula is C37H42FN3O5S. The van der Waals surface area contributed by atoms with E-state index in [0.717, 1.165) is 33.1 Å². The Morgan fingerprint density at radius 2 is 1.53 bits per heavy atom. The largest absolute Gasteiger partial charge is 0.494 e. The number of halogens is 1. The maximum absolute atomic E-state index is 14.5. The Balaban J connectivity index is 1.79. The molecule has 0 radical (unpaired) electrons. The lowest BCUT2D eigenvalue weighted by atomic mass is 10.0. The highest BCUT2D eigenvalue weighted by molar-refractivity contribution is 7.92. The summed E-state index contributed by atoms with van der Waals surface area (Å²) < 4.78 is 48.7. The van der Waals surface area contributed by atoms with E-state index in [0.29, 0.717) is 18.9 Å². The number of nitrogens with zero attached hydrogens (tertiary/aromatic N) is 2. The van der Waals surface area contributed by atoms with Crippen molar-refractivity contribution in [3.8, 4) is 5.75 Å². The van der Waals surface area contributed by atoms with Crippen LogP contribution in [-0.2, 0) is 32.6 Å². The molecule has 0 saturated heterocycles. The van der Waals surface area contributed by atoms with Gasteiger partial charge in [0, 0.05) is 19.5 Å². The maximum atomic E-state index is 14.5. The van der Waals surface area contributed by atoms with Crippen molar-refractivity contribution in [1.82, 2.24) is 10.2 Å². The molecule has 0 aliphatic heterocycles. The molecule has 47 heavy (non-hydrogen) atoms. The highest BCUT2D eigenvalue weighted by Crippen LogP contribution is 2.27. The summed E-state index contributed by atoms with van der Waals surface area (Å²) in [7, 11) is -4.33. The highest BCUT2D eigenvalue weighted by atomic mass is 32.2. The number of amides is 2. The fraction of sp³-hybridized carbons (Fsp3) is 0.297. The molecule has 0 aromatic heterocycles. The lowest BCUT2D eigenvalue weighted by molar-refractivity contribution is -0.140. The molecule has 0 heterocycles. The molecule has 0 aliphatic rings. The van der Waals surface area contributed by atoms with Crippen LogP contribution >= 0.6 is 0 Å². The third-order valence-corrected chi connectivity index (χ3v) is 9.30. The first kappa shape index (κ1) is 35.2. The van der Waals surface area contributed by atoms with Gasteiger partial charge in [-0.05, 0) is 79.4 Å². The second-order valence-corrected chi connectivity index (χ2v) is 13.6. The Bertz CT molecular complexity index is 1730. The van der Waals surface area contributed by atoms with Crippen LogP contribution in [0.2, 0.25) is 0 Å². The van der Waals surface area contributed by atoms with Gasteiger partial charge in [0.1, 0.15) is 24.2 Å². The molecule has 0 saturated carbocycles. The van der Waals surface area contributed by atoms with Crippen molar-refractivity contribution in [2.75, 3.05) is 24.0 Å². The number of rotatable bonds is 15. The fourth-order valence-corrected chi connectivity index (χ4v) is 6.54. The van der Waals surface area contributed by atoms with Gasteiger partial charge in [-0.1, -0.05) is 74.0 Å². The third-order valence-electron chi connectivity index (χ3n) is 7.51. The van der Waals surface area contributed by atoms with Crippen molar-refractivity contribution < 1.29 is 27.1 Å². The van der Waals surface area contributed by atoms with Crippen LogP contribution in [0.25, 0.3) is 0 Å². The second-order valence-electron chi connectivity index (χ2n) is 11.7. The van der Waals surface area contributed by atoms with E-state index in [9.17, 15) is 22.4 Å². The van der Waals surface area contributed by atoms with Gasteiger partial charge in [-0.25, -0.2) is 12.8 Å². The van der Waals surface area contributed by atoms with E-state index in [1.165, 1.54) is 29.2 Å². The molecular weight excluding hydrogens is 617 g/mol. The van der Waals surface area contributed by atoms with Gasteiger partial charge >= 0.3 is 0 Å². The van der Waals surface area contributed by atoms with E-state index >= 15 is 0 Å². The zero-order valence-corrected chi connectivity index (χ0v) is 28.0. The summed E-state index contributed by atoms with van der Waals surface area (Å²) in [5.41, 5.74) is 2.71. The number of anilines is 1. The first-order chi connectivity index (χ1) is 22.5. The topological polar surface area (TPSA) is 96.0 Å². The Kier molecular flexibility index (Phi) is 12.1. The van der Waals surface area contributed by atoms with Crippen molar-refractivity contribution in [1.29, 1.82) is 0 Å². The molecule has 1 atom stereocenters. The Hall–Kier alpha value is -4.70. The number of carbonyl (C=O) groups is 2. The van der Waals surface area contributed by atoms with E-state index in [4.69, 9.17) is 4.74 Å². The molecule has 10 heteroatoms. The van der Waals surface area contributed by atoms with Crippen molar-refractivity contribution in [3.63, 3.8) is 0 Å². The minimum absolute atomic E-state index is 0.0630. The molecule has 0 unspecified atom stereocenters. The average Bonchev–Trinajstić information content (AvgIpc) is 3.05. The normalized spacial score (nSPS) is 12.0. The molecule has 0 fully saturated rings. The first-order valence-corrected chi connectivity index (χ1v) is 17.1. The molecule has 0 spiro atoms. The SMILES string of the molecule is CCOc1ccc(S(=O)(=O)N(CC(=O)N(Cc2cccc(C)c2)[C@@H](Cc2ccccc2)C(=O)NCC(C)C)c2ccc(F)cc2)cc1. The number of nitrogens with one attached hydrogen (secondary N) is 1. The van der Waals surface area contributed by atoms with Gasteiger partial charge in [0.15, 0.2) is 0 Å². The van der Waals surface area contributed by atoms with E-state index in [-0.39, 0.29) is 35.4 Å². The number of aryl methyl sites for hydroxylation is 1. The molecule has 4 rings (SSSR count). The maximum Gasteiger partial charge on any atom is 0.264 e. The molecule has 248 valence electrons. The van der Waals surface area contributed by atoms with Crippen molar-refractivity contribution in [3.05, 3.63) is 126 Å². The molecule has 0 bridgehead atoms. The van der Waals surface area contributed by atoms with Gasteiger partial charge in [-0.15, -0.1) is 0 Å².